The van der Waals surface area contributed by atoms with E-state index in [1.54, 1.807) is 6.20 Å². The van der Waals surface area contributed by atoms with Crippen LogP contribution in [0.25, 0.3) is 0 Å². The van der Waals surface area contributed by atoms with E-state index in [4.69, 9.17) is 4.74 Å². The van der Waals surface area contributed by atoms with Crippen LogP contribution in [0.15, 0.2) is 48.0 Å². The van der Waals surface area contributed by atoms with E-state index in [0.29, 0.717) is 28.9 Å². The molecule has 2 heterocycles. The van der Waals surface area contributed by atoms with Crippen molar-refractivity contribution in [2.24, 2.45) is 0 Å². The molecule has 0 bridgehead atoms. The molecule has 26 heavy (non-hydrogen) atoms. The van der Waals surface area contributed by atoms with E-state index in [0.717, 1.165) is 11.4 Å². The fourth-order valence-corrected chi connectivity index (χ4v) is 3.09. The number of para-hydroxylation sites is 2. The maximum absolute atomic E-state index is 12.3. The van der Waals surface area contributed by atoms with E-state index in [-0.39, 0.29) is 12.3 Å². The molecule has 134 valence electrons. The van der Waals surface area contributed by atoms with Crippen LogP contribution in [0.2, 0.25) is 0 Å². The number of carbonyl (C=O) groups is 1. The van der Waals surface area contributed by atoms with Gasteiger partial charge in [0.05, 0.1) is 24.4 Å². The van der Waals surface area contributed by atoms with Gasteiger partial charge in [-0.25, -0.2) is 9.97 Å². The number of nitrogens with zero attached hydrogens (tertiary/aromatic N) is 2. The summed E-state index contributed by atoms with van der Waals surface area (Å²) in [7, 11) is 0. The first-order valence-electron chi connectivity index (χ1n) is 8.30. The van der Waals surface area contributed by atoms with Gasteiger partial charge in [-0.1, -0.05) is 12.1 Å². The van der Waals surface area contributed by atoms with Gasteiger partial charge in [-0.2, -0.15) is 0 Å². The lowest BCUT2D eigenvalue weighted by atomic mass is 10.2. The number of pyridine rings is 1. The second-order valence-electron chi connectivity index (χ2n) is 5.64. The number of rotatable bonds is 7. The van der Waals surface area contributed by atoms with Gasteiger partial charge in [0.15, 0.2) is 5.13 Å². The van der Waals surface area contributed by atoms with E-state index < -0.39 is 0 Å². The van der Waals surface area contributed by atoms with Crippen LogP contribution < -0.4 is 15.4 Å². The van der Waals surface area contributed by atoms with E-state index in [2.05, 4.69) is 20.6 Å². The van der Waals surface area contributed by atoms with Gasteiger partial charge in [-0.15, -0.1) is 11.3 Å². The lowest BCUT2D eigenvalue weighted by molar-refractivity contribution is -0.115. The standard InChI is InChI=1S/C19H20N4O2S/c1-3-25-16-7-5-4-6-15(16)22-18(24)11-14-12-26-19(21-14)23-17-10-13(2)8-9-20-17/h4-10,12H,3,11H2,1-2H3,(H,22,24)(H,20,21,23). The molecule has 2 N–H and O–H groups in total. The Morgan fingerprint density at radius 2 is 2.12 bits per heavy atom. The molecule has 0 atom stereocenters. The van der Waals surface area contributed by atoms with Crippen LogP contribution in [0, 0.1) is 6.92 Å². The van der Waals surface area contributed by atoms with Crippen LogP contribution in [0.1, 0.15) is 18.2 Å². The van der Waals surface area contributed by atoms with E-state index in [1.165, 1.54) is 11.3 Å². The van der Waals surface area contributed by atoms with Crippen molar-refractivity contribution >= 4 is 33.9 Å². The average Bonchev–Trinajstić information content (AvgIpc) is 3.03. The number of aryl methyl sites for hydroxylation is 1. The predicted octanol–water partition coefficient (Wildman–Crippen LogP) is 4.17. The van der Waals surface area contributed by atoms with Crippen LogP contribution in [-0.2, 0) is 11.2 Å². The van der Waals surface area contributed by atoms with E-state index in [1.807, 2.05) is 55.6 Å². The molecule has 0 unspecified atom stereocenters. The summed E-state index contributed by atoms with van der Waals surface area (Å²) in [5, 5.41) is 8.61. The predicted molar refractivity (Wildman–Crippen MR) is 104 cm³/mol. The third-order valence-corrected chi connectivity index (χ3v) is 4.31. The SMILES string of the molecule is CCOc1ccccc1NC(=O)Cc1csc(Nc2cc(C)ccn2)n1. The van der Waals surface area contributed by atoms with Gasteiger partial charge in [0.1, 0.15) is 11.6 Å². The van der Waals surface area contributed by atoms with Crippen LogP contribution >= 0.6 is 11.3 Å². The molecule has 1 aromatic carbocycles. The number of hydrogen-bond acceptors (Lipinski definition) is 6. The molecular formula is C19H20N4O2S. The van der Waals surface area contributed by atoms with Crippen molar-refractivity contribution < 1.29 is 9.53 Å². The summed E-state index contributed by atoms with van der Waals surface area (Å²) in [4.78, 5) is 21.0. The fraction of sp³-hybridized carbons (Fsp3) is 0.211. The minimum atomic E-state index is -0.136. The summed E-state index contributed by atoms with van der Waals surface area (Å²) < 4.78 is 5.52. The molecule has 0 saturated heterocycles. The Morgan fingerprint density at radius 1 is 1.27 bits per heavy atom. The Hall–Kier alpha value is -2.93. The summed E-state index contributed by atoms with van der Waals surface area (Å²) in [6, 6.07) is 11.3. The van der Waals surface area contributed by atoms with Crippen molar-refractivity contribution in [2.45, 2.75) is 20.3 Å². The number of amides is 1. The molecule has 6 nitrogen and oxygen atoms in total. The second-order valence-corrected chi connectivity index (χ2v) is 6.50. The Labute approximate surface area is 156 Å². The quantitative estimate of drug-likeness (QED) is 0.654. The zero-order valence-corrected chi connectivity index (χ0v) is 15.5. The number of thiazole rings is 1. The highest BCUT2D eigenvalue weighted by Crippen LogP contribution is 2.24. The molecule has 3 aromatic rings. The van der Waals surface area contributed by atoms with Crippen molar-refractivity contribution in [2.75, 3.05) is 17.2 Å². The van der Waals surface area contributed by atoms with Crippen molar-refractivity contribution in [3.63, 3.8) is 0 Å². The van der Waals surface area contributed by atoms with E-state index in [9.17, 15) is 4.79 Å². The number of nitrogens with one attached hydrogen (secondary N) is 2. The maximum Gasteiger partial charge on any atom is 0.230 e. The summed E-state index contributed by atoms with van der Waals surface area (Å²) in [6.45, 7) is 4.46. The Kier molecular flexibility index (Phi) is 5.80. The smallest absolute Gasteiger partial charge is 0.230 e. The van der Waals surface area contributed by atoms with Crippen molar-refractivity contribution in [3.8, 4) is 5.75 Å². The van der Waals surface area contributed by atoms with Gasteiger partial charge in [0.25, 0.3) is 0 Å². The Morgan fingerprint density at radius 3 is 2.92 bits per heavy atom. The van der Waals surface area contributed by atoms with Crippen LogP contribution in [-0.4, -0.2) is 22.5 Å². The van der Waals surface area contributed by atoms with Crippen LogP contribution in [0.4, 0.5) is 16.6 Å². The van der Waals surface area contributed by atoms with Gasteiger partial charge >= 0.3 is 0 Å². The third kappa shape index (κ3) is 4.80. The van der Waals surface area contributed by atoms with Gasteiger partial charge in [-0.05, 0) is 43.7 Å². The van der Waals surface area contributed by atoms with Gasteiger partial charge in [0, 0.05) is 11.6 Å². The number of anilines is 3. The highest BCUT2D eigenvalue weighted by molar-refractivity contribution is 7.13. The maximum atomic E-state index is 12.3. The highest BCUT2D eigenvalue weighted by atomic mass is 32.1. The van der Waals surface area contributed by atoms with Gasteiger partial charge < -0.3 is 15.4 Å². The molecule has 3 rings (SSSR count). The molecule has 2 aromatic heterocycles. The first-order valence-corrected chi connectivity index (χ1v) is 9.18. The summed E-state index contributed by atoms with van der Waals surface area (Å²) >= 11 is 1.44. The molecule has 0 aliphatic rings. The molecule has 0 aliphatic heterocycles. The van der Waals surface area contributed by atoms with Crippen molar-refractivity contribution in [1.29, 1.82) is 0 Å². The first kappa shape index (κ1) is 17.9. The average molecular weight is 368 g/mol. The van der Waals surface area contributed by atoms with Gasteiger partial charge in [0.2, 0.25) is 5.91 Å². The zero-order valence-electron chi connectivity index (χ0n) is 14.7. The molecule has 0 saturated carbocycles. The number of aromatic nitrogens is 2. The van der Waals surface area contributed by atoms with Crippen molar-refractivity contribution in [3.05, 3.63) is 59.2 Å². The molecular weight excluding hydrogens is 348 g/mol. The number of benzene rings is 1. The first-order chi connectivity index (χ1) is 12.6. The topological polar surface area (TPSA) is 76.1 Å². The second kappa shape index (κ2) is 8.44. The number of ether oxygens (including phenoxy) is 1. The molecule has 0 spiro atoms. The summed E-state index contributed by atoms with van der Waals surface area (Å²) in [5.41, 5.74) is 2.49. The molecule has 1 amide bonds. The normalized spacial score (nSPS) is 10.4. The number of carbonyl (C=O) groups excluding carboxylic acids is 1. The molecule has 7 heteroatoms. The summed E-state index contributed by atoms with van der Waals surface area (Å²) in [6.07, 6.45) is 1.94. The molecule has 0 aliphatic carbocycles. The minimum Gasteiger partial charge on any atom is -0.492 e. The minimum absolute atomic E-state index is 0.136. The molecule has 0 radical (unpaired) electrons. The van der Waals surface area contributed by atoms with E-state index >= 15 is 0 Å². The number of hydrogen-bond donors (Lipinski definition) is 2. The monoisotopic (exact) mass is 368 g/mol. The summed E-state index contributed by atoms with van der Waals surface area (Å²) in [5.74, 6) is 1.26. The van der Waals surface area contributed by atoms with Crippen LogP contribution in [0.3, 0.4) is 0 Å². The zero-order chi connectivity index (χ0) is 18.4. The fourth-order valence-electron chi connectivity index (χ4n) is 2.37. The van der Waals surface area contributed by atoms with Gasteiger partial charge in [-0.3, -0.25) is 4.79 Å². The largest absolute Gasteiger partial charge is 0.492 e. The molecule has 0 fully saturated rings. The van der Waals surface area contributed by atoms with Crippen LogP contribution in [0.5, 0.6) is 5.75 Å². The highest BCUT2D eigenvalue weighted by Gasteiger charge is 2.11. The lowest BCUT2D eigenvalue weighted by Crippen LogP contribution is -2.15. The lowest BCUT2D eigenvalue weighted by Gasteiger charge is -2.10. The Bertz CT molecular complexity index is 895. The third-order valence-electron chi connectivity index (χ3n) is 3.50. The Balaban J connectivity index is 1.61. The van der Waals surface area contributed by atoms with Crippen molar-refractivity contribution in [1.82, 2.24) is 9.97 Å².